The molecular weight excluding hydrogens is 392 g/mol. The average Bonchev–Trinajstić information content (AvgIpc) is 3.15. The molecule has 3 aromatic carbocycles. The highest BCUT2D eigenvalue weighted by Crippen LogP contribution is 2.43. The number of para-hydroxylation sites is 1. The molecule has 0 aromatic heterocycles. The summed E-state index contributed by atoms with van der Waals surface area (Å²) >= 11 is 1.61. The van der Waals surface area contributed by atoms with Gasteiger partial charge in [-0.05, 0) is 54.8 Å². The Morgan fingerprint density at radius 3 is 2.60 bits per heavy atom. The van der Waals surface area contributed by atoms with Crippen LogP contribution in [0.4, 0.5) is 11.4 Å². The molecule has 5 heteroatoms. The second kappa shape index (κ2) is 8.76. The van der Waals surface area contributed by atoms with Crippen LogP contribution in [0.15, 0.2) is 72.8 Å². The molecule has 0 spiro atoms. The maximum atomic E-state index is 12.7. The number of hydrogen-bond acceptors (Lipinski definition) is 3. The van der Waals surface area contributed by atoms with Gasteiger partial charge in [0.1, 0.15) is 5.37 Å². The van der Waals surface area contributed by atoms with Crippen molar-refractivity contribution in [3.63, 3.8) is 0 Å². The quantitative estimate of drug-likeness (QED) is 0.590. The Labute approximate surface area is 181 Å². The number of thioether (sulfide) groups is 1. The molecule has 1 fully saturated rings. The molecule has 0 aliphatic carbocycles. The van der Waals surface area contributed by atoms with Crippen LogP contribution in [-0.2, 0) is 11.2 Å². The minimum atomic E-state index is -0.143. The summed E-state index contributed by atoms with van der Waals surface area (Å²) in [6.45, 7) is 4.09. The topological polar surface area (TPSA) is 49.4 Å². The maximum absolute atomic E-state index is 12.7. The third-order valence-electron chi connectivity index (χ3n) is 5.24. The van der Waals surface area contributed by atoms with Crippen LogP contribution in [0.3, 0.4) is 0 Å². The van der Waals surface area contributed by atoms with Crippen LogP contribution in [-0.4, -0.2) is 17.6 Å². The van der Waals surface area contributed by atoms with Crippen molar-refractivity contribution in [2.45, 2.75) is 25.6 Å². The summed E-state index contributed by atoms with van der Waals surface area (Å²) in [6.07, 6.45) is 0.865. The van der Waals surface area contributed by atoms with Crippen LogP contribution in [0.1, 0.15) is 39.3 Å². The van der Waals surface area contributed by atoms with Gasteiger partial charge in [0.15, 0.2) is 0 Å². The van der Waals surface area contributed by atoms with Gasteiger partial charge in [0.2, 0.25) is 5.91 Å². The lowest BCUT2D eigenvalue weighted by atomic mass is 10.1. The van der Waals surface area contributed by atoms with Crippen LogP contribution in [0.25, 0.3) is 0 Å². The molecular formula is C25H24N2O2S. The van der Waals surface area contributed by atoms with Crippen molar-refractivity contribution in [3.05, 3.63) is 95.1 Å². The summed E-state index contributed by atoms with van der Waals surface area (Å²) in [5.41, 5.74) is 5.58. The molecule has 1 aliphatic rings. The number of hydrogen-bond donors (Lipinski definition) is 1. The number of benzene rings is 3. The molecule has 0 bridgehead atoms. The van der Waals surface area contributed by atoms with Crippen molar-refractivity contribution < 1.29 is 9.59 Å². The number of nitrogens with zero attached hydrogens (tertiary/aromatic N) is 1. The maximum Gasteiger partial charge on any atom is 0.255 e. The Morgan fingerprint density at radius 1 is 1.07 bits per heavy atom. The van der Waals surface area contributed by atoms with Gasteiger partial charge in [0, 0.05) is 16.9 Å². The van der Waals surface area contributed by atoms with E-state index in [9.17, 15) is 9.59 Å². The van der Waals surface area contributed by atoms with Gasteiger partial charge in [0.25, 0.3) is 5.91 Å². The molecule has 1 atom stereocenters. The largest absolute Gasteiger partial charge is 0.322 e. The number of carbonyl (C=O) groups excluding carboxylic acids is 2. The van der Waals surface area contributed by atoms with Crippen molar-refractivity contribution in [2.24, 2.45) is 0 Å². The normalized spacial score (nSPS) is 16.0. The van der Waals surface area contributed by atoms with E-state index in [-0.39, 0.29) is 17.2 Å². The summed E-state index contributed by atoms with van der Waals surface area (Å²) in [7, 11) is 0. The first-order valence-corrected chi connectivity index (χ1v) is 11.1. The summed E-state index contributed by atoms with van der Waals surface area (Å²) in [5.74, 6) is 0.415. The smallest absolute Gasteiger partial charge is 0.255 e. The zero-order valence-corrected chi connectivity index (χ0v) is 17.9. The van der Waals surface area contributed by atoms with Gasteiger partial charge >= 0.3 is 0 Å². The standard InChI is InChI=1S/C25H24N2O2S/c1-3-18-7-4-5-10-22(18)27-23(28)16-30-25(27)20-8-6-9-21(15-20)26-24(29)19-13-11-17(2)12-14-19/h4-15,25H,3,16H2,1-2H3,(H,26,29). The van der Waals surface area contributed by atoms with E-state index in [4.69, 9.17) is 0 Å². The number of amides is 2. The Bertz CT molecular complexity index is 1080. The first-order chi connectivity index (χ1) is 14.6. The average molecular weight is 417 g/mol. The molecule has 1 N–H and O–H groups in total. The molecule has 4 rings (SSSR count). The van der Waals surface area contributed by atoms with Gasteiger partial charge in [-0.15, -0.1) is 11.8 Å². The lowest BCUT2D eigenvalue weighted by Gasteiger charge is -2.26. The molecule has 1 unspecified atom stereocenters. The fraction of sp³-hybridized carbons (Fsp3) is 0.200. The van der Waals surface area contributed by atoms with E-state index in [2.05, 4.69) is 18.3 Å². The molecule has 1 saturated heterocycles. The van der Waals surface area contributed by atoms with E-state index >= 15 is 0 Å². The van der Waals surface area contributed by atoms with Crippen molar-refractivity contribution >= 4 is 35.0 Å². The van der Waals surface area contributed by atoms with Gasteiger partial charge < -0.3 is 5.32 Å². The second-order valence-electron chi connectivity index (χ2n) is 7.35. The third-order valence-corrected chi connectivity index (χ3v) is 6.46. The van der Waals surface area contributed by atoms with E-state index in [1.54, 1.807) is 11.8 Å². The van der Waals surface area contributed by atoms with E-state index in [0.29, 0.717) is 11.3 Å². The van der Waals surface area contributed by atoms with Gasteiger partial charge in [-0.2, -0.15) is 0 Å². The van der Waals surface area contributed by atoms with Crippen molar-refractivity contribution in [1.82, 2.24) is 0 Å². The fourth-order valence-corrected chi connectivity index (χ4v) is 4.81. The Hall–Kier alpha value is -3.05. The number of rotatable bonds is 5. The summed E-state index contributed by atoms with van der Waals surface area (Å²) in [4.78, 5) is 27.2. The number of aryl methyl sites for hydroxylation is 2. The van der Waals surface area contributed by atoms with E-state index in [1.165, 1.54) is 0 Å². The molecule has 0 radical (unpaired) electrons. The highest BCUT2D eigenvalue weighted by Gasteiger charge is 2.35. The van der Waals surface area contributed by atoms with Crippen LogP contribution in [0.5, 0.6) is 0 Å². The minimum absolute atomic E-state index is 0.110. The lowest BCUT2D eigenvalue weighted by Crippen LogP contribution is -2.28. The van der Waals surface area contributed by atoms with Crippen LogP contribution >= 0.6 is 11.8 Å². The summed E-state index contributed by atoms with van der Waals surface area (Å²) in [6, 6.07) is 23.3. The fourth-order valence-electron chi connectivity index (χ4n) is 3.65. The summed E-state index contributed by atoms with van der Waals surface area (Å²) < 4.78 is 0. The van der Waals surface area contributed by atoms with E-state index in [0.717, 1.165) is 34.5 Å². The molecule has 3 aromatic rings. The predicted molar refractivity (Wildman–Crippen MR) is 124 cm³/mol. The van der Waals surface area contributed by atoms with Crippen molar-refractivity contribution in [1.29, 1.82) is 0 Å². The molecule has 152 valence electrons. The number of carbonyl (C=O) groups is 2. The van der Waals surface area contributed by atoms with Crippen LogP contribution in [0, 0.1) is 6.92 Å². The van der Waals surface area contributed by atoms with E-state index < -0.39 is 0 Å². The van der Waals surface area contributed by atoms with Crippen LogP contribution in [0.2, 0.25) is 0 Å². The first kappa shape index (κ1) is 20.2. The van der Waals surface area contributed by atoms with Crippen molar-refractivity contribution in [3.8, 4) is 0 Å². The van der Waals surface area contributed by atoms with Gasteiger partial charge in [0.05, 0.1) is 5.75 Å². The third kappa shape index (κ3) is 4.12. The monoisotopic (exact) mass is 416 g/mol. The lowest BCUT2D eigenvalue weighted by molar-refractivity contribution is -0.115. The zero-order valence-electron chi connectivity index (χ0n) is 17.1. The highest BCUT2D eigenvalue weighted by atomic mass is 32.2. The molecule has 4 nitrogen and oxygen atoms in total. The predicted octanol–water partition coefficient (Wildman–Crippen LogP) is 5.59. The Kier molecular flexibility index (Phi) is 5.91. The molecule has 0 saturated carbocycles. The zero-order chi connectivity index (χ0) is 21.1. The first-order valence-electron chi connectivity index (χ1n) is 10.1. The van der Waals surface area contributed by atoms with Gasteiger partial charge in [-0.3, -0.25) is 14.5 Å². The minimum Gasteiger partial charge on any atom is -0.322 e. The summed E-state index contributed by atoms with van der Waals surface area (Å²) in [5, 5.41) is 2.87. The second-order valence-corrected chi connectivity index (χ2v) is 8.42. The SMILES string of the molecule is CCc1ccccc1N1C(=O)CSC1c1cccc(NC(=O)c2ccc(C)cc2)c1. The molecule has 1 aliphatic heterocycles. The number of nitrogens with one attached hydrogen (secondary N) is 1. The Balaban J connectivity index is 1.60. The molecule has 1 heterocycles. The Morgan fingerprint density at radius 2 is 1.83 bits per heavy atom. The molecule has 2 amide bonds. The van der Waals surface area contributed by atoms with E-state index in [1.807, 2.05) is 78.6 Å². The van der Waals surface area contributed by atoms with Gasteiger partial charge in [-0.1, -0.05) is 55.0 Å². The highest BCUT2D eigenvalue weighted by molar-refractivity contribution is 8.00. The molecule has 30 heavy (non-hydrogen) atoms. The van der Waals surface area contributed by atoms with Gasteiger partial charge in [-0.25, -0.2) is 0 Å². The number of anilines is 2. The van der Waals surface area contributed by atoms with Crippen molar-refractivity contribution in [2.75, 3.05) is 16.0 Å². The van der Waals surface area contributed by atoms with Crippen LogP contribution < -0.4 is 10.2 Å².